The molecule has 1 heterocycles. The summed E-state index contributed by atoms with van der Waals surface area (Å²) in [5.74, 6) is 0. The van der Waals surface area contributed by atoms with E-state index in [1.165, 1.54) is 0 Å². The summed E-state index contributed by atoms with van der Waals surface area (Å²) in [4.78, 5) is 12.7. The maximum absolute atomic E-state index is 12.7. The zero-order valence-electron chi connectivity index (χ0n) is 11.0. The fourth-order valence-electron chi connectivity index (χ4n) is 2.45. The molecule has 0 aliphatic heterocycles. The molecule has 0 bridgehead atoms. The number of aryl methyl sites for hydroxylation is 1. The van der Waals surface area contributed by atoms with Gasteiger partial charge in [0.1, 0.15) is 6.07 Å². The Morgan fingerprint density at radius 1 is 1.05 bits per heavy atom. The lowest BCUT2D eigenvalue weighted by Crippen LogP contribution is -2.21. The summed E-state index contributed by atoms with van der Waals surface area (Å²) in [7, 11) is 0. The molecule has 3 heteroatoms. The lowest BCUT2D eigenvalue weighted by atomic mass is 10.1. The third-order valence-corrected chi connectivity index (χ3v) is 3.38. The number of benzene rings is 2. The Kier molecular flexibility index (Phi) is 2.85. The van der Waals surface area contributed by atoms with Gasteiger partial charge in [-0.25, -0.2) is 0 Å². The van der Waals surface area contributed by atoms with Gasteiger partial charge in [-0.3, -0.25) is 9.36 Å². The number of aromatic nitrogens is 1. The van der Waals surface area contributed by atoms with E-state index in [1.54, 1.807) is 22.8 Å². The molecule has 3 nitrogen and oxygen atoms in total. The Morgan fingerprint density at radius 3 is 2.55 bits per heavy atom. The van der Waals surface area contributed by atoms with Crippen LogP contribution in [0.2, 0.25) is 0 Å². The molecule has 0 aliphatic rings. The zero-order chi connectivity index (χ0) is 14.1. The lowest BCUT2D eigenvalue weighted by Gasteiger charge is -2.12. The molecule has 3 aromatic rings. The second-order valence-corrected chi connectivity index (χ2v) is 4.64. The third-order valence-electron chi connectivity index (χ3n) is 3.38. The van der Waals surface area contributed by atoms with Gasteiger partial charge in [0.25, 0.3) is 5.56 Å². The molecule has 0 spiro atoms. The van der Waals surface area contributed by atoms with E-state index in [4.69, 9.17) is 0 Å². The van der Waals surface area contributed by atoms with Gasteiger partial charge in [0.05, 0.1) is 11.3 Å². The Hall–Kier alpha value is -2.86. The molecule has 0 fully saturated rings. The van der Waals surface area contributed by atoms with Crippen LogP contribution in [0.1, 0.15) is 11.3 Å². The van der Waals surface area contributed by atoms with Crippen LogP contribution >= 0.6 is 0 Å². The first-order chi connectivity index (χ1) is 9.72. The number of rotatable bonds is 1. The number of hydrogen-bond acceptors (Lipinski definition) is 2. The first-order valence-corrected chi connectivity index (χ1v) is 6.33. The molecular formula is C17H12N2O. The molecule has 0 radical (unpaired) electrons. The summed E-state index contributed by atoms with van der Waals surface area (Å²) in [5.41, 5.74) is 1.84. The molecule has 0 atom stereocenters. The molecule has 0 unspecified atom stereocenters. The van der Waals surface area contributed by atoms with Gasteiger partial charge >= 0.3 is 0 Å². The minimum absolute atomic E-state index is 0.0942. The monoisotopic (exact) mass is 260 g/mol. The maximum Gasteiger partial charge on any atom is 0.263 e. The molecule has 20 heavy (non-hydrogen) atoms. The Labute approximate surface area is 116 Å². The maximum atomic E-state index is 12.7. The van der Waals surface area contributed by atoms with Gasteiger partial charge in [-0.05, 0) is 36.6 Å². The molecule has 0 aliphatic carbocycles. The van der Waals surface area contributed by atoms with Gasteiger partial charge in [0.2, 0.25) is 0 Å². The van der Waals surface area contributed by atoms with Crippen molar-refractivity contribution in [3.8, 4) is 11.8 Å². The third kappa shape index (κ3) is 1.79. The highest BCUT2D eigenvalue weighted by molar-refractivity contribution is 5.82. The Bertz CT molecular complexity index is 901. The normalized spacial score (nSPS) is 10.4. The smallest absolute Gasteiger partial charge is 0.263 e. The second-order valence-electron chi connectivity index (χ2n) is 4.64. The number of nitrogens with zero attached hydrogens (tertiary/aromatic N) is 2. The molecule has 96 valence electrons. The van der Waals surface area contributed by atoms with Crippen LogP contribution in [0, 0.1) is 18.3 Å². The van der Waals surface area contributed by atoms with E-state index in [2.05, 4.69) is 6.07 Å². The Morgan fingerprint density at radius 2 is 1.75 bits per heavy atom. The molecule has 1 aromatic heterocycles. The van der Waals surface area contributed by atoms with E-state index >= 15 is 0 Å². The minimum atomic E-state index is -0.0942. The second kappa shape index (κ2) is 4.67. The molecule has 0 saturated carbocycles. The van der Waals surface area contributed by atoms with Crippen LogP contribution in [0.25, 0.3) is 16.5 Å². The molecule has 3 rings (SSSR count). The zero-order valence-corrected chi connectivity index (χ0v) is 11.0. The van der Waals surface area contributed by atoms with Gasteiger partial charge in [-0.1, -0.05) is 30.3 Å². The van der Waals surface area contributed by atoms with Crippen LogP contribution < -0.4 is 5.56 Å². The number of fused-ring (bicyclic) bond motifs is 1. The van der Waals surface area contributed by atoms with Gasteiger partial charge < -0.3 is 0 Å². The van der Waals surface area contributed by atoms with Crippen molar-refractivity contribution in [3.63, 3.8) is 0 Å². The fraction of sp³-hybridized carbons (Fsp3) is 0.0588. The van der Waals surface area contributed by atoms with Gasteiger partial charge in [0, 0.05) is 11.1 Å². The van der Waals surface area contributed by atoms with Crippen molar-refractivity contribution in [3.05, 3.63) is 76.2 Å². The first-order valence-electron chi connectivity index (χ1n) is 6.33. The van der Waals surface area contributed by atoms with Gasteiger partial charge in [0.15, 0.2) is 0 Å². The highest BCUT2D eigenvalue weighted by atomic mass is 16.1. The molecule has 0 amide bonds. The standard InChI is InChI=1S/C17H12N2O/c1-12-10-13-6-2-4-8-15(13)17(20)19(12)16-9-5-3-7-14(16)11-18/h2-10H,1H3. The summed E-state index contributed by atoms with van der Waals surface area (Å²) < 4.78 is 1.60. The van der Waals surface area contributed by atoms with Crippen molar-refractivity contribution in [2.75, 3.05) is 0 Å². The van der Waals surface area contributed by atoms with Crippen LogP contribution in [0.4, 0.5) is 0 Å². The quantitative estimate of drug-likeness (QED) is 0.674. The topological polar surface area (TPSA) is 45.8 Å². The average Bonchev–Trinajstić information content (AvgIpc) is 2.48. The number of pyridine rings is 1. The van der Waals surface area contributed by atoms with E-state index in [0.29, 0.717) is 16.6 Å². The van der Waals surface area contributed by atoms with Gasteiger partial charge in [-0.15, -0.1) is 0 Å². The van der Waals surface area contributed by atoms with Crippen molar-refractivity contribution in [1.82, 2.24) is 4.57 Å². The van der Waals surface area contributed by atoms with E-state index in [9.17, 15) is 10.1 Å². The van der Waals surface area contributed by atoms with Crippen molar-refractivity contribution in [1.29, 1.82) is 5.26 Å². The summed E-state index contributed by atoms with van der Waals surface area (Å²) in [6.45, 7) is 1.88. The summed E-state index contributed by atoms with van der Waals surface area (Å²) in [6.07, 6.45) is 0. The highest BCUT2D eigenvalue weighted by Gasteiger charge is 2.10. The van der Waals surface area contributed by atoms with Gasteiger partial charge in [-0.2, -0.15) is 5.26 Å². The van der Waals surface area contributed by atoms with E-state index < -0.39 is 0 Å². The largest absolute Gasteiger partial charge is 0.280 e. The van der Waals surface area contributed by atoms with Crippen LogP contribution in [0.3, 0.4) is 0 Å². The van der Waals surface area contributed by atoms with Crippen molar-refractivity contribution in [2.24, 2.45) is 0 Å². The SMILES string of the molecule is Cc1cc2ccccc2c(=O)n1-c1ccccc1C#N. The van der Waals surface area contributed by atoms with Crippen molar-refractivity contribution >= 4 is 10.8 Å². The molecule has 0 saturated heterocycles. The van der Waals surface area contributed by atoms with E-state index in [1.807, 2.05) is 43.3 Å². The highest BCUT2D eigenvalue weighted by Crippen LogP contribution is 2.17. The molecule has 2 aromatic carbocycles. The van der Waals surface area contributed by atoms with Crippen molar-refractivity contribution in [2.45, 2.75) is 6.92 Å². The lowest BCUT2D eigenvalue weighted by molar-refractivity contribution is 0.947. The number of hydrogen-bond donors (Lipinski definition) is 0. The first kappa shape index (κ1) is 12.2. The number of para-hydroxylation sites is 1. The van der Waals surface area contributed by atoms with E-state index in [-0.39, 0.29) is 5.56 Å². The summed E-state index contributed by atoms with van der Waals surface area (Å²) in [6, 6.07) is 18.7. The van der Waals surface area contributed by atoms with Crippen molar-refractivity contribution < 1.29 is 0 Å². The summed E-state index contributed by atoms with van der Waals surface area (Å²) >= 11 is 0. The number of nitriles is 1. The average molecular weight is 260 g/mol. The van der Waals surface area contributed by atoms with E-state index in [0.717, 1.165) is 11.1 Å². The Balaban J connectivity index is 2.44. The molecular weight excluding hydrogens is 248 g/mol. The van der Waals surface area contributed by atoms with Crippen LogP contribution in [0.5, 0.6) is 0 Å². The van der Waals surface area contributed by atoms with Crippen LogP contribution in [-0.2, 0) is 0 Å². The predicted molar refractivity (Wildman–Crippen MR) is 79.0 cm³/mol. The van der Waals surface area contributed by atoms with Crippen LogP contribution in [-0.4, -0.2) is 4.57 Å². The minimum Gasteiger partial charge on any atom is -0.280 e. The predicted octanol–water partition coefficient (Wildman–Crippen LogP) is 3.17. The molecule has 0 N–H and O–H groups in total. The van der Waals surface area contributed by atoms with Crippen LogP contribution in [0.15, 0.2) is 59.4 Å². The fourth-order valence-corrected chi connectivity index (χ4v) is 2.45. The summed E-state index contributed by atoms with van der Waals surface area (Å²) in [5, 5.41) is 10.8.